The van der Waals surface area contributed by atoms with E-state index in [4.69, 9.17) is 5.11 Å². The van der Waals surface area contributed by atoms with Crippen molar-refractivity contribution in [3.63, 3.8) is 0 Å². The second-order valence-electron chi connectivity index (χ2n) is 9.34. The minimum atomic E-state index is 0.375. The average Bonchev–Trinajstić information content (AvgIpc) is 2.71. The minimum absolute atomic E-state index is 0.375. The van der Waals surface area contributed by atoms with E-state index in [1.807, 2.05) is 0 Å². The van der Waals surface area contributed by atoms with Gasteiger partial charge in [0, 0.05) is 0 Å². The molecule has 0 radical (unpaired) electrons. The Balaban J connectivity index is 0.000000151. The molecule has 1 heteroatoms. The van der Waals surface area contributed by atoms with Crippen LogP contribution in [-0.2, 0) is 0 Å². The maximum Gasteiger partial charge on any atom is 0.115 e. The Kier molecular flexibility index (Phi) is 7.89. The molecule has 1 nitrogen and oxygen atoms in total. The predicted octanol–water partition coefficient (Wildman–Crippen LogP) is 7.83. The molecule has 26 heavy (non-hydrogen) atoms. The van der Waals surface area contributed by atoms with Crippen LogP contribution in [0, 0.1) is 17.8 Å². The Bertz CT molecular complexity index is 485. The van der Waals surface area contributed by atoms with Gasteiger partial charge in [-0.3, -0.25) is 0 Å². The first-order valence-corrected chi connectivity index (χ1v) is 11.5. The van der Waals surface area contributed by atoms with Gasteiger partial charge in [-0.2, -0.15) is 0 Å². The second kappa shape index (κ2) is 10.4. The van der Waals surface area contributed by atoms with Crippen LogP contribution in [0.1, 0.15) is 108 Å². The van der Waals surface area contributed by atoms with Crippen LogP contribution in [0.2, 0.25) is 0 Å². The zero-order valence-corrected chi connectivity index (χ0v) is 17.0. The van der Waals surface area contributed by atoms with Gasteiger partial charge in [-0.1, -0.05) is 83.3 Å². The molecule has 1 aromatic carbocycles. The van der Waals surface area contributed by atoms with Crippen molar-refractivity contribution in [2.75, 3.05) is 0 Å². The largest absolute Gasteiger partial charge is 0.508 e. The van der Waals surface area contributed by atoms with Crippen LogP contribution >= 0.6 is 0 Å². The zero-order valence-electron chi connectivity index (χ0n) is 17.0. The van der Waals surface area contributed by atoms with E-state index in [2.05, 4.69) is 19.1 Å². The molecule has 0 spiro atoms. The monoisotopic (exact) mass is 356 g/mol. The Morgan fingerprint density at radius 3 is 1.69 bits per heavy atom. The van der Waals surface area contributed by atoms with Crippen molar-refractivity contribution < 1.29 is 5.11 Å². The highest BCUT2D eigenvalue weighted by molar-refractivity contribution is 5.28. The number of benzene rings is 1. The molecule has 3 saturated carbocycles. The van der Waals surface area contributed by atoms with E-state index in [1.165, 1.54) is 69.8 Å². The average molecular weight is 357 g/mol. The summed E-state index contributed by atoms with van der Waals surface area (Å²) in [6.45, 7) is 2.43. The second-order valence-corrected chi connectivity index (χ2v) is 9.34. The summed E-state index contributed by atoms with van der Waals surface area (Å²) in [6, 6.07) is 7.71. The van der Waals surface area contributed by atoms with Gasteiger partial charge in [-0.05, 0) is 67.1 Å². The molecule has 0 unspecified atom stereocenters. The number of aromatic hydroxyl groups is 1. The number of hydrogen-bond donors (Lipinski definition) is 1. The molecule has 3 aliphatic carbocycles. The summed E-state index contributed by atoms with van der Waals surface area (Å²) in [5.74, 6) is 4.39. The van der Waals surface area contributed by atoms with Gasteiger partial charge in [0.05, 0.1) is 0 Å². The van der Waals surface area contributed by atoms with Crippen molar-refractivity contribution in [3.8, 4) is 5.75 Å². The topological polar surface area (TPSA) is 20.2 Å². The molecule has 0 atom stereocenters. The van der Waals surface area contributed by atoms with E-state index >= 15 is 0 Å². The van der Waals surface area contributed by atoms with Crippen molar-refractivity contribution in [2.24, 2.45) is 17.8 Å². The highest BCUT2D eigenvalue weighted by Gasteiger charge is 2.26. The summed E-state index contributed by atoms with van der Waals surface area (Å²) in [6.07, 6.45) is 20.6. The van der Waals surface area contributed by atoms with Crippen LogP contribution in [0.4, 0.5) is 0 Å². The molecule has 0 aliphatic heterocycles. The lowest BCUT2D eigenvalue weighted by atomic mass is 9.71. The lowest BCUT2D eigenvalue weighted by Crippen LogP contribution is -2.22. The first kappa shape index (κ1) is 19.8. The third-order valence-electron chi connectivity index (χ3n) is 7.35. The molecule has 1 N–H and O–H groups in total. The van der Waals surface area contributed by atoms with Gasteiger partial charge < -0.3 is 5.11 Å². The Hall–Kier alpha value is -0.980. The normalized spacial score (nSPS) is 28.2. The number of hydrogen-bond acceptors (Lipinski definition) is 1. The number of rotatable bonds is 2. The summed E-state index contributed by atoms with van der Waals surface area (Å²) < 4.78 is 0. The zero-order chi connectivity index (χ0) is 18.2. The Morgan fingerprint density at radius 2 is 1.12 bits per heavy atom. The molecule has 1 aromatic rings. The van der Waals surface area contributed by atoms with E-state index in [9.17, 15) is 0 Å². The van der Waals surface area contributed by atoms with E-state index in [-0.39, 0.29) is 0 Å². The lowest BCUT2D eigenvalue weighted by molar-refractivity contribution is 0.173. The minimum Gasteiger partial charge on any atom is -0.508 e. The first-order valence-electron chi connectivity index (χ1n) is 11.5. The fourth-order valence-corrected chi connectivity index (χ4v) is 5.55. The molecule has 0 amide bonds. The fourth-order valence-electron chi connectivity index (χ4n) is 5.55. The maximum atomic E-state index is 9.16. The highest BCUT2D eigenvalue weighted by Crippen LogP contribution is 2.39. The van der Waals surface area contributed by atoms with Gasteiger partial charge in [0.25, 0.3) is 0 Å². The van der Waals surface area contributed by atoms with E-state index in [0.717, 1.165) is 23.7 Å². The standard InChI is InChI=1S/C13H24.C12H16O/c1-11-7-9-13(10-8-11)12-5-3-2-4-6-12;13-12-8-6-11(7-9-12)10-4-2-1-3-5-10/h11-13H,2-10H2,1H3;6-10,13H,1-5H2. The summed E-state index contributed by atoms with van der Waals surface area (Å²) >= 11 is 0. The van der Waals surface area contributed by atoms with Crippen molar-refractivity contribution >= 4 is 0 Å². The van der Waals surface area contributed by atoms with Gasteiger partial charge in [0.15, 0.2) is 0 Å². The van der Waals surface area contributed by atoms with Crippen LogP contribution < -0.4 is 0 Å². The predicted molar refractivity (Wildman–Crippen MR) is 112 cm³/mol. The van der Waals surface area contributed by atoms with Gasteiger partial charge in [-0.15, -0.1) is 0 Å². The third-order valence-corrected chi connectivity index (χ3v) is 7.35. The van der Waals surface area contributed by atoms with Crippen LogP contribution in [0.15, 0.2) is 24.3 Å². The molecular formula is C25H40O. The van der Waals surface area contributed by atoms with Gasteiger partial charge in [0.2, 0.25) is 0 Å². The molecule has 0 bridgehead atoms. The van der Waals surface area contributed by atoms with Crippen molar-refractivity contribution in [3.05, 3.63) is 29.8 Å². The Labute approximate surface area is 161 Å². The fraction of sp³-hybridized carbons (Fsp3) is 0.760. The molecule has 0 aromatic heterocycles. The van der Waals surface area contributed by atoms with Gasteiger partial charge in [0.1, 0.15) is 5.75 Å². The molecule has 4 rings (SSSR count). The summed E-state index contributed by atoms with van der Waals surface area (Å²) in [5, 5.41) is 9.16. The van der Waals surface area contributed by atoms with Crippen molar-refractivity contribution in [1.82, 2.24) is 0 Å². The molecule has 0 heterocycles. The van der Waals surface area contributed by atoms with Crippen LogP contribution in [-0.4, -0.2) is 5.11 Å². The third kappa shape index (κ3) is 6.03. The lowest BCUT2D eigenvalue weighted by Gasteiger charge is -2.34. The molecule has 3 fully saturated rings. The number of phenolic OH excluding ortho intramolecular Hbond substituents is 1. The molecule has 3 aliphatic rings. The molecular weight excluding hydrogens is 316 g/mol. The summed E-state index contributed by atoms with van der Waals surface area (Å²) in [5.41, 5.74) is 1.40. The van der Waals surface area contributed by atoms with E-state index in [1.54, 1.807) is 37.8 Å². The van der Waals surface area contributed by atoms with Gasteiger partial charge >= 0.3 is 0 Å². The number of phenols is 1. The van der Waals surface area contributed by atoms with Crippen molar-refractivity contribution in [2.45, 2.75) is 103 Å². The summed E-state index contributed by atoms with van der Waals surface area (Å²) in [7, 11) is 0. The van der Waals surface area contributed by atoms with E-state index in [0.29, 0.717) is 5.75 Å². The van der Waals surface area contributed by atoms with Crippen LogP contribution in [0.3, 0.4) is 0 Å². The van der Waals surface area contributed by atoms with Crippen molar-refractivity contribution in [1.29, 1.82) is 0 Å². The quantitative estimate of drug-likeness (QED) is 0.572. The van der Waals surface area contributed by atoms with Crippen LogP contribution in [0.25, 0.3) is 0 Å². The van der Waals surface area contributed by atoms with Crippen LogP contribution in [0.5, 0.6) is 5.75 Å². The molecule has 0 saturated heterocycles. The van der Waals surface area contributed by atoms with E-state index < -0.39 is 0 Å². The Morgan fingerprint density at radius 1 is 0.615 bits per heavy atom. The summed E-state index contributed by atoms with van der Waals surface area (Å²) in [4.78, 5) is 0. The first-order chi connectivity index (χ1) is 12.7. The smallest absolute Gasteiger partial charge is 0.115 e. The van der Waals surface area contributed by atoms with Gasteiger partial charge in [-0.25, -0.2) is 0 Å². The molecule has 146 valence electrons. The maximum absolute atomic E-state index is 9.16. The SMILES string of the molecule is CC1CCC(C2CCCCC2)CC1.Oc1ccc(C2CCCCC2)cc1. The highest BCUT2D eigenvalue weighted by atomic mass is 16.3.